The quantitative estimate of drug-likeness (QED) is 0.358. The molecule has 6 heteroatoms. The lowest BCUT2D eigenvalue weighted by Crippen LogP contribution is -2.28. The Morgan fingerprint density at radius 1 is 1.75 bits per heavy atom. The van der Waals surface area contributed by atoms with Crippen molar-refractivity contribution < 1.29 is 10.2 Å². The van der Waals surface area contributed by atoms with Crippen molar-refractivity contribution in [1.82, 2.24) is 5.01 Å². The summed E-state index contributed by atoms with van der Waals surface area (Å²) >= 11 is 0. The van der Waals surface area contributed by atoms with Crippen LogP contribution in [0.2, 0.25) is 0 Å². The average molecular weight is 176 g/mol. The average Bonchev–Trinajstić information content (AvgIpc) is 2.02. The van der Waals surface area contributed by atoms with Crippen molar-refractivity contribution in [3.63, 3.8) is 0 Å². The molecule has 0 aliphatic rings. The smallest absolute Gasteiger partial charge is 0.230 e. The number of hydrogen-bond donors (Lipinski definition) is 2. The first-order valence-corrected chi connectivity index (χ1v) is 3.86. The second kappa shape index (κ2) is 5.59. The summed E-state index contributed by atoms with van der Waals surface area (Å²) in [5.74, 6) is 0. The SMILES string of the molecule is CC(N)CCCN(C)/[N+]([O-])=N/O. The molecular formula is C6H16N4O2. The zero-order chi connectivity index (χ0) is 9.56. The minimum absolute atomic E-state index is 0.140. The van der Waals surface area contributed by atoms with E-state index >= 15 is 0 Å². The number of hydrazine groups is 1. The second-order valence-electron chi connectivity index (χ2n) is 2.84. The molecule has 0 fully saturated rings. The molecule has 0 aromatic rings. The Balaban J connectivity index is 3.51. The summed E-state index contributed by atoms with van der Waals surface area (Å²) in [4.78, 5) is 0.140. The van der Waals surface area contributed by atoms with Crippen LogP contribution in [-0.2, 0) is 0 Å². The van der Waals surface area contributed by atoms with Crippen LogP contribution in [0.1, 0.15) is 19.8 Å². The number of nitrogens with two attached hydrogens (primary N) is 1. The molecule has 0 bridgehead atoms. The van der Waals surface area contributed by atoms with Gasteiger partial charge in [-0.3, -0.25) is 0 Å². The van der Waals surface area contributed by atoms with Crippen LogP contribution < -0.4 is 5.73 Å². The van der Waals surface area contributed by atoms with Gasteiger partial charge in [-0.2, -0.15) is 0 Å². The summed E-state index contributed by atoms with van der Waals surface area (Å²) in [6.07, 6.45) is 1.66. The van der Waals surface area contributed by atoms with Gasteiger partial charge in [-0.15, -0.1) is 5.01 Å². The highest BCUT2D eigenvalue weighted by atomic mass is 16.6. The lowest BCUT2D eigenvalue weighted by molar-refractivity contribution is -0.704. The molecule has 0 rings (SSSR count). The van der Waals surface area contributed by atoms with Gasteiger partial charge in [-0.25, -0.2) is 0 Å². The maximum Gasteiger partial charge on any atom is 0.230 e. The lowest BCUT2D eigenvalue weighted by Gasteiger charge is -2.12. The molecule has 0 aliphatic heterocycles. The predicted molar refractivity (Wildman–Crippen MR) is 43.4 cm³/mol. The Morgan fingerprint density at radius 2 is 2.33 bits per heavy atom. The third-order valence-corrected chi connectivity index (χ3v) is 1.51. The largest absolute Gasteiger partial charge is 0.569 e. The van der Waals surface area contributed by atoms with Crippen LogP contribution in [0.25, 0.3) is 0 Å². The fourth-order valence-electron chi connectivity index (χ4n) is 0.796. The highest BCUT2D eigenvalue weighted by Gasteiger charge is 2.05. The molecule has 0 aromatic carbocycles. The van der Waals surface area contributed by atoms with Crippen LogP contribution in [0, 0.1) is 5.21 Å². The van der Waals surface area contributed by atoms with Crippen molar-refractivity contribution in [2.45, 2.75) is 25.8 Å². The van der Waals surface area contributed by atoms with Gasteiger partial charge in [0.25, 0.3) is 0 Å². The Kier molecular flexibility index (Phi) is 5.11. The van der Waals surface area contributed by atoms with Gasteiger partial charge in [-0.1, -0.05) is 0 Å². The first-order chi connectivity index (χ1) is 5.57. The van der Waals surface area contributed by atoms with E-state index in [2.05, 4.69) is 5.28 Å². The minimum Gasteiger partial charge on any atom is -0.569 e. The van der Waals surface area contributed by atoms with Crippen molar-refractivity contribution in [1.29, 1.82) is 0 Å². The number of rotatable bonds is 5. The monoisotopic (exact) mass is 176 g/mol. The molecule has 0 saturated carbocycles. The highest BCUT2D eigenvalue weighted by Crippen LogP contribution is 1.95. The molecule has 0 spiro atoms. The first kappa shape index (κ1) is 11.0. The molecule has 12 heavy (non-hydrogen) atoms. The van der Waals surface area contributed by atoms with Crippen LogP contribution in [0.4, 0.5) is 0 Å². The molecule has 0 saturated heterocycles. The van der Waals surface area contributed by atoms with Crippen LogP contribution in [0.5, 0.6) is 0 Å². The maximum absolute atomic E-state index is 10.6. The second-order valence-corrected chi connectivity index (χ2v) is 2.84. The minimum atomic E-state index is 0.140. The molecule has 3 N–H and O–H groups in total. The third kappa shape index (κ3) is 4.73. The normalized spacial score (nSPS) is 14.4. The van der Waals surface area contributed by atoms with Crippen LogP contribution in [0.3, 0.4) is 0 Å². The summed E-state index contributed by atoms with van der Waals surface area (Å²) in [5, 5.41) is 22.4. The Labute approximate surface area is 71.8 Å². The van der Waals surface area contributed by atoms with E-state index in [0.717, 1.165) is 12.8 Å². The van der Waals surface area contributed by atoms with E-state index in [1.165, 1.54) is 5.01 Å². The highest BCUT2D eigenvalue weighted by molar-refractivity contribution is 4.52. The van der Waals surface area contributed by atoms with Gasteiger partial charge in [-0.05, 0) is 19.8 Å². The maximum atomic E-state index is 10.6. The van der Waals surface area contributed by atoms with Gasteiger partial charge >= 0.3 is 0 Å². The molecule has 0 radical (unpaired) electrons. The molecular weight excluding hydrogens is 160 g/mol. The van der Waals surface area contributed by atoms with E-state index < -0.39 is 0 Å². The lowest BCUT2D eigenvalue weighted by atomic mass is 10.2. The summed E-state index contributed by atoms with van der Waals surface area (Å²) in [5.41, 5.74) is 5.50. The molecule has 72 valence electrons. The summed E-state index contributed by atoms with van der Waals surface area (Å²) in [6.45, 7) is 2.44. The van der Waals surface area contributed by atoms with Crippen molar-refractivity contribution >= 4 is 0 Å². The van der Waals surface area contributed by atoms with Crippen molar-refractivity contribution in [2.75, 3.05) is 13.6 Å². The molecule has 0 aliphatic carbocycles. The fourth-order valence-corrected chi connectivity index (χ4v) is 0.796. The predicted octanol–water partition coefficient (Wildman–Crippen LogP) is 0.312. The van der Waals surface area contributed by atoms with Gasteiger partial charge in [0, 0.05) is 6.04 Å². The number of nitrogens with zero attached hydrogens (tertiary/aromatic N) is 3. The standard InChI is InChI=1S/C6H16N4O2/c1-6(7)4-3-5-9(2)10(12)8-11/h6,11H,3-5,7H2,1-2H3/b10-8-. The van der Waals surface area contributed by atoms with E-state index in [1.54, 1.807) is 7.05 Å². The molecule has 6 nitrogen and oxygen atoms in total. The molecule has 0 amide bonds. The first-order valence-electron chi connectivity index (χ1n) is 3.86. The molecule has 0 aromatic heterocycles. The number of hydrogen-bond acceptors (Lipinski definition) is 3. The topological polar surface area (TPSA) is 87.9 Å². The van der Waals surface area contributed by atoms with Gasteiger partial charge < -0.3 is 16.1 Å². The van der Waals surface area contributed by atoms with Crippen molar-refractivity contribution in [2.24, 2.45) is 11.0 Å². The van der Waals surface area contributed by atoms with Crippen molar-refractivity contribution in [3.05, 3.63) is 5.21 Å². The van der Waals surface area contributed by atoms with Gasteiger partial charge in [0.2, 0.25) is 5.28 Å². The zero-order valence-electron chi connectivity index (χ0n) is 7.47. The van der Waals surface area contributed by atoms with Crippen LogP contribution in [-0.4, -0.2) is 34.8 Å². The molecule has 1 atom stereocenters. The van der Waals surface area contributed by atoms with E-state index in [-0.39, 0.29) is 11.0 Å². The fraction of sp³-hybridized carbons (Fsp3) is 1.00. The van der Waals surface area contributed by atoms with Crippen LogP contribution >= 0.6 is 0 Å². The zero-order valence-corrected chi connectivity index (χ0v) is 7.47. The van der Waals surface area contributed by atoms with Gasteiger partial charge in [0.05, 0.1) is 18.6 Å². The third-order valence-electron chi connectivity index (χ3n) is 1.51. The van der Waals surface area contributed by atoms with E-state index in [4.69, 9.17) is 10.9 Å². The Bertz CT molecular complexity index is 148. The summed E-state index contributed by atoms with van der Waals surface area (Å²) in [7, 11) is 1.55. The summed E-state index contributed by atoms with van der Waals surface area (Å²) < 4.78 is 0. The molecule has 0 heterocycles. The van der Waals surface area contributed by atoms with Crippen LogP contribution in [0.15, 0.2) is 5.28 Å². The van der Waals surface area contributed by atoms with E-state index in [0.29, 0.717) is 6.54 Å². The molecule has 1 unspecified atom stereocenters. The van der Waals surface area contributed by atoms with Gasteiger partial charge in [0.15, 0.2) is 0 Å². The van der Waals surface area contributed by atoms with E-state index in [1.807, 2.05) is 6.92 Å². The van der Waals surface area contributed by atoms with Crippen molar-refractivity contribution in [3.8, 4) is 0 Å². The summed E-state index contributed by atoms with van der Waals surface area (Å²) in [6, 6.07) is 0.143. The van der Waals surface area contributed by atoms with Gasteiger partial charge in [0.1, 0.15) is 0 Å². The van der Waals surface area contributed by atoms with E-state index in [9.17, 15) is 5.21 Å². The Morgan fingerprint density at radius 3 is 2.75 bits per heavy atom. The Hall–Kier alpha value is -1.04.